The predicted molar refractivity (Wildman–Crippen MR) is 129 cm³/mol. The Morgan fingerprint density at radius 3 is 2.51 bits per heavy atom. The Kier molecular flexibility index (Phi) is 8.30. The van der Waals surface area contributed by atoms with E-state index in [-0.39, 0.29) is 18.5 Å². The second-order valence-corrected chi connectivity index (χ2v) is 9.51. The first-order chi connectivity index (χ1) is 16.7. The number of nitrogens with one attached hydrogen (secondary N) is 2. The predicted octanol–water partition coefficient (Wildman–Crippen LogP) is 3.27. The van der Waals surface area contributed by atoms with E-state index in [0.29, 0.717) is 38.0 Å². The van der Waals surface area contributed by atoms with Crippen molar-refractivity contribution in [3.63, 3.8) is 0 Å². The molecule has 2 aliphatic heterocycles. The molecule has 1 fully saturated rings. The third-order valence-electron chi connectivity index (χ3n) is 6.66. The minimum atomic E-state index is -4.17. The second kappa shape index (κ2) is 11.4. The molecule has 2 aromatic carbocycles. The Hall–Kier alpha value is -2.62. The summed E-state index contributed by atoms with van der Waals surface area (Å²) in [5.74, 6) is -0.267. The molecular weight excluding hydrogens is 457 g/mol. The van der Waals surface area contributed by atoms with Gasteiger partial charge in [0.15, 0.2) is 0 Å². The van der Waals surface area contributed by atoms with Crippen LogP contribution in [0.5, 0.6) is 0 Å². The number of aliphatic hydroxyl groups excluding tert-OH is 1. The lowest BCUT2D eigenvalue weighted by atomic mass is 10.00. The zero-order valence-electron chi connectivity index (χ0n) is 19.7. The van der Waals surface area contributed by atoms with Crippen LogP contribution in [0.15, 0.2) is 48.5 Å². The molecule has 35 heavy (non-hydrogen) atoms. The number of halogens is 3. The fraction of sp³-hybridized carbons (Fsp3) is 0.500. The van der Waals surface area contributed by atoms with Crippen molar-refractivity contribution in [2.75, 3.05) is 44.6 Å². The minimum absolute atomic E-state index is 0.0642. The average Bonchev–Trinajstić information content (AvgIpc) is 2.83. The number of likely N-dealkylation sites (tertiary alicyclic amines) is 1. The molecular formula is C26H33F3N4O2. The van der Waals surface area contributed by atoms with Crippen molar-refractivity contribution in [1.82, 2.24) is 15.1 Å². The van der Waals surface area contributed by atoms with Crippen LogP contribution < -0.4 is 10.6 Å². The molecule has 2 heterocycles. The number of anilines is 1. The van der Waals surface area contributed by atoms with Crippen LogP contribution in [0, 0.1) is 0 Å². The molecule has 190 valence electrons. The van der Waals surface area contributed by atoms with Crippen LogP contribution in [0.3, 0.4) is 0 Å². The number of aliphatic hydroxyl groups is 1. The topological polar surface area (TPSA) is 67.8 Å². The number of hydrogen-bond acceptors (Lipinski definition) is 5. The van der Waals surface area contributed by atoms with E-state index in [1.807, 2.05) is 18.2 Å². The van der Waals surface area contributed by atoms with Gasteiger partial charge in [0.1, 0.15) is 0 Å². The van der Waals surface area contributed by atoms with Crippen molar-refractivity contribution in [1.29, 1.82) is 0 Å². The molecule has 1 unspecified atom stereocenters. The van der Waals surface area contributed by atoms with Gasteiger partial charge in [0.05, 0.1) is 12.6 Å². The zero-order valence-corrected chi connectivity index (χ0v) is 19.7. The summed E-state index contributed by atoms with van der Waals surface area (Å²) in [6.07, 6.45) is -2.67. The van der Waals surface area contributed by atoms with Gasteiger partial charge >= 0.3 is 6.18 Å². The van der Waals surface area contributed by atoms with Gasteiger partial charge in [-0.1, -0.05) is 30.3 Å². The van der Waals surface area contributed by atoms with Crippen LogP contribution in [0.25, 0.3) is 0 Å². The van der Waals surface area contributed by atoms with Crippen molar-refractivity contribution >= 4 is 11.6 Å². The van der Waals surface area contributed by atoms with E-state index in [9.17, 15) is 23.1 Å². The number of β-amino-alcohol motifs (C(OH)–C–C–N with tert-alkyl or cyclic N) is 1. The molecule has 0 aromatic heterocycles. The highest BCUT2D eigenvalue weighted by Gasteiger charge is 2.32. The van der Waals surface area contributed by atoms with Crippen LogP contribution in [-0.4, -0.2) is 78.4 Å². The van der Waals surface area contributed by atoms with E-state index in [0.717, 1.165) is 25.2 Å². The highest BCUT2D eigenvalue weighted by molar-refractivity contribution is 5.95. The molecule has 2 aromatic rings. The maximum atomic E-state index is 12.6. The number of hydrogen-bond donors (Lipinski definition) is 3. The van der Waals surface area contributed by atoms with Crippen LogP contribution >= 0.6 is 0 Å². The Morgan fingerprint density at radius 2 is 1.77 bits per heavy atom. The van der Waals surface area contributed by atoms with Crippen molar-refractivity contribution in [3.8, 4) is 0 Å². The summed E-state index contributed by atoms with van der Waals surface area (Å²) >= 11 is 0. The highest BCUT2D eigenvalue weighted by Crippen LogP contribution is 2.22. The maximum Gasteiger partial charge on any atom is 0.401 e. The highest BCUT2D eigenvalue weighted by atomic mass is 19.4. The van der Waals surface area contributed by atoms with Crippen LogP contribution in [0.2, 0.25) is 0 Å². The Morgan fingerprint density at radius 1 is 1.03 bits per heavy atom. The van der Waals surface area contributed by atoms with Gasteiger partial charge in [0, 0.05) is 56.6 Å². The van der Waals surface area contributed by atoms with Gasteiger partial charge in [-0.05, 0) is 48.6 Å². The molecule has 1 amide bonds. The first-order valence-electron chi connectivity index (χ1n) is 12.2. The average molecular weight is 491 g/mol. The van der Waals surface area contributed by atoms with Crippen LogP contribution in [0.1, 0.15) is 34.3 Å². The van der Waals surface area contributed by atoms with Crippen LogP contribution in [0.4, 0.5) is 18.9 Å². The first kappa shape index (κ1) is 25.5. The summed E-state index contributed by atoms with van der Waals surface area (Å²) in [7, 11) is 0. The standard InChI is InChI=1S/C26H33F3N4O2/c27-26(28,29)18-32-12-9-22(10-13-32)31-23-7-3-6-20(14-23)25(35)30-15-24(34)17-33-11-8-19-4-1-2-5-21(19)16-33/h1-7,14,22,24,31,34H,8-13,15-18H2,(H,30,35). The van der Waals surface area contributed by atoms with E-state index in [1.165, 1.54) is 16.0 Å². The SMILES string of the molecule is O=C(NCC(O)CN1CCc2ccccc2C1)c1cccc(NC2CCN(CC(F)(F)F)CC2)c1. The number of fused-ring (bicyclic) bond motifs is 1. The summed E-state index contributed by atoms with van der Waals surface area (Å²) in [6.45, 7) is 2.23. The number of carbonyl (C=O) groups is 1. The maximum absolute atomic E-state index is 12.6. The first-order valence-corrected chi connectivity index (χ1v) is 12.2. The van der Waals surface area contributed by atoms with E-state index in [4.69, 9.17) is 0 Å². The second-order valence-electron chi connectivity index (χ2n) is 9.51. The Bertz CT molecular complexity index is 993. The minimum Gasteiger partial charge on any atom is -0.390 e. The molecule has 0 bridgehead atoms. The van der Waals surface area contributed by atoms with Crippen molar-refractivity contribution in [2.24, 2.45) is 0 Å². The lowest BCUT2D eigenvalue weighted by Crippen LogP contribution is -2.43. The van der Waals surface area contributed by atoms with E-state index >= 15 is 0 Å². The van der Waals surface area contributed by atoms with Crippen molar-refractivity contribution in [3.05, 3.63) is 65.2 Å². The van der Waals surface area contributed by atoms with E-state index in [1.54, 1.807) is 18.2 Å². The molecule has 2 aliphatic rings. The zero-order chi connectivity index (χ0) is 24.8. The molecule has 1 atom stereocenters. The molecule has 6 nitrogen and oxygen atoms in total. The van der Waals surface area contributed by atoms with Gasteiger partial charge in [-0.15, -0.1) is 0 Å². The Labute approximate surface area is 204 Å². The fourth-order valence-electron chi connectivity index (χ4n) is 4.86. The molecule has 0 aliphatic carbocycles. The smallest absolute Gasteiger partial charge is 0.390 e. The quantitative estimate of drug-likeness (QED) is 0.530. The van der Waals surface area contributed by atoms with Gasteiger partial charge in [0.25, 0.3) is 5.91 Å². The molecule has 4 rings (SSSR count). The lowest BCUT2D eigenvalue weighted by Gasteiger charge is -2.33. The summed E-state index contributed by atoms with van der Waals surface area (Å²) in [4.78, 5) is 16.3. The molecule has 0 radical (unpaired) electrons. The van der Waals surface area contributed by atoms with Gasteiger partial charge in [-0.3, -0.25) is 14.6 Å². The van der Waals surface area contributed by atoms with Gasteiger partial charge in [-0.25, -0.2) is 0 Å². The van der Waals surface area contributed by atoms with E-state index in [2.05, 4.69) is 27.7 Å². The molecule has 9 heteroatoms. The third kappa shape index (κ3) is 7.68. The Balaban J connectivity index is 1.21. The lowest BCUT2D eigenvalue weighted by molar-refractivity contribution is -0.147. The molecule has 0 spiro atoms. The number of nitrogens with zero attached hydrogens (tertiary/aromatic N) is 2. The number of amides is 1. The van der Waals surface area contributed by atoms with Crippen molar-refractivity contribution in [2.45, 2.75) is 44.1 Å². The monoisotopic (exact) mass is 490 g/mol. The molecule has 0 saturated carbocycles. The number of piperidine rings is 1. The van der Waals surface area contributed by atoms with E-state index < -0.39 is 18.8 Å². The fourth-order valence-corrected chi connectivity index (χ4v) is 4.86. The largest absolute Gasteiger partial charge is 0.401 e. The van der Waals surface area contributed by atoms with Crippen LogP contribution in [-0.2, 0) is 13.0 Å². The van der Waals surface area contributed by atoms with Gasteiger partial charge < -0.3 is 15.7 Å². The summed E-state index contributed by atoms with van der Waals surface area (Å²) in [5, 5.41) is 16.6. The summed E-state index contributed by atoms with van der Waals surface area (Å²) in [5.41, 5.74) is 3.88. The van der Waals surface area contributed by atoms with Gasteiger partial charge in [-0.2, -0.15) is 13.2 Å². The number of alkyl halides is 3. The number of benzene rings is 2. The molecule has 1 saturated heterocycles. The summed E-state index contributed by atoms with van der Waals surface area (Å²) < 4.78 is 37.7. The number of rotatable bonds is 8. The van der Waals surface area contributed by atoms with Crippen molar-refractivity contribution < 1.29 is 23.1 Å². The molecule has 3 N–H and O–H groups in total. The number of carbonyl (C=O) groups excluding carboxylic acids is 1. The normalized spacial score (nSPS) is 18.6. The third-order valence-corrected chi connectivity index (χ3v) is 6.66. The van der Waals surface area contributed by atoms with Gasteiger partial charge in [0.2, 0.25) is 0 Å². The summed E-state index contributed by atoms with van der Waals surface area (Å²) in [6, 6.07) is 15.5.